The van der Waals surface area contributed by atoms with Gasteiger partial charge >= 0.3 is 5.97 Å². The number of carbonyl (C=O) groups excluding carboxylic acids is 1. The minimum absolute atomic E-state index is 0.0191. The third kappa shape index (κ3) is 3.01. The van der Waals surface area contributed by atoms with Gasteiger partial charge in [0.2, 0.25) is 0 Å². The molecule has 1 heterocycles. The predicted molar refractivity (Wildman–Crippen MR) is 89.6 cm³/mol. The Balaban J connectivity index is 1.95. The standard InChI is InChI=1S/C17H18ClN3O3/c1-10-9-14(19-21(10)15-6-4-3-5-13(15)18)16(22)20(12-7-8-12)11(2)17(23)24/h3-6,9,11-12H,7-8H2,1-2H3,(H,23,24). The fourth-order valence-electron chi connectivity index (χ4n) is 2.71. The number of amides is 1. The number of aromatic nitrogens is 2. The molecule has 0 aliphatic heterocycles. The van der Waals surface area contributed by atoms with Gasteiger partial charge in [-0.05, 0) is 44.9 Å². The zero-order valence-electron chi connectivity index (χ0n) is 13.4. The number of rotatable bonds is 5. The van der Waals surface area contributed by atoms with Crippen LogP contribution in [0.2, 0.25) is 5.02 Å². The summed E-state index contributed by atoms with van der Waals surface area (Å²) in [5.74, 6) is -1.38. The number of hydrogen-bond donors (Lipinski definition) is 1. The van der Waals surface area contributed by atoms with Crippen molar-refractivity contribution in [2.24, 2.45) is 0 Å². The van der Waals surface area contributed by atoms with E-state index >= 15 is 0 Å². The van der Waals surface area contributed by atoms with E-state index < -0.39 is 12.0 Å². The Morgan fingerprint density at radius 1 is 1.38 bits per heavy atom. The molecule has 0 saturated heterocycles. The Morgan fingerprint density at radius 2 is 2.04 bits per heavy atom. The van der Waals surface area contributed by atoms with Gasteiger partial charge in [-0.3, -0.25) is 4.79 Å². The average molecular weight is 348 g/mol. The van der Waals surface area contributed by atoms with Gasteiger partial charge in [-0.1, -0.05) is 23.7 Å². The van der Waals surface area contributed by atoms with E-state index in [9.17, 15) is 14.7 Å². The molecule has 1 amide bonds. The van der Waals surface area contributed by atoms with Crippen molar-refractivity contribution in [1.82, 2.24) is 14.7 Å². The monoisotopic (exact) mass is 347 g/mol. The van der Waals surface area contributed by atoms with Gasteiger partial charge in [0, 0.05) is 11.7 Å². The summed E-state index contributed by atoms with van der Waals surface area (Å²) in [7, 11) is 0. The molecule has 1 aliphatic rings. The quantitative estimate of drug-likeness (QED) is 0.902. The summed E-state index contributed by atoms with van der Waals surface area (Å²) < 4.78 is 1.60. The maximum absolute atomic E-state index is 12.8. The van der Waals surface area contributed by atoms with Crippen molar-refractivity contribution < 1.29 is 14.7 Å². The van der Waals surface area contributed by atoms with Gasteiger partial charge in [0.05, 0.1) is 10.7 Å². The lowest BCUT2D eigenvalue weighted by Gasteiger charge is -2.25. The smallest absolute Gasteiger partial charge is 0.326 e. The van der Waals surface area contributed by atoms with Crippen LogP contribution in [0.1, 0.15) is 35.9 Å². The largest absolute Gasteiger partial charge is 0.480 e. The van der Waals surface area contributed by atoms with Gasteiger partial charge in [0.15, 0.2) is 5.69 Å². The number of carboxylic acid groups (broad SMARTS) is 1. The van der Waals surface area contributed by atoms with Crippen molar-refractivity contribution >= 4 is 23.5 Å². The maximum Gasteiger partial charge on any atom is 0.326 e. The van der Waals surface area contributed by atoms with Gasteiger partial charge in [-0.15, -0.1) is 0 Å². The molecule has 1 aromatic heterocycles. The Kier molecular flexibility index (Phi) is 4.32. The molecule has 1 aromatic carbocycles. The first-order valence-electron chi connectivity index (χ1n) is 7.77. The number of para-hydroxylation sites is 1. The first-order valence-corrected chi connectivity index (χ1v) is 8.15. The molecule has 0 bridgehead atoms. The lowest BCUT2D eigenvalue weighted by Crippen LogP contribution is -2.44. The molecule has 6 nitrogen and oxygen atoms in total. The molecule has 126 valence electrons. The second-order valence-corrected chi connectivity index (χ2v) is 6.40. The molecule has 1 atom stereocenters. The number of aryl methyl sites for hydroxylation is 1. The molecule has 1 fully saturated rings. The highest BCUT2D eigenvalue weighted by molar-refractivity contribution is 6.32. The number of aliphatic carboxylic acids is 1. The van der Waals surface area contributed by atoms with Crippen LogP contribution >= 0.6 is 11.6 Å². The Morgan fingerprint density at radius 3 is 2.62 bits per heavy atom. The molecule has 24 heavy (non-hydrogen) atoms. The molecular weight excluding hydrogens is 330 g/mol. The maximum atomic E-state index is 12.8. The summed E-state index contributed by atoms with van der Waals surface area (Å²) in [6.45, 7) is 3.35. The zero-order valence-corrected chi connectivity index (χ0v) is 14.2. The number of carboxylic acids is 1. The molecule has 1 unspecified atom stereocenters. The van der Waals surface area contributed by atoms with Gasteiger partial charge in [0.1, 0.15) is 6.04 Å². The van der Waals surface area contributed by atoms with Crippen LogP contribution in [-0.2, 0) is 4.79 Å². The number of nitrogens with zero attached hydrogens (tertiary/aromatic N) is 3. The Hall–Kier alpha value is -2.34. The highest BCUT2D eigenvalue weighted by Gasteiger charge is 2.39. The van der Waals surface area contributed by atoms with Crippen LogP contribution in [0.15, 0.2) is 30.3 Å². The molecular formula is C17H18ClN3O3. The lowest BCUT2D eigenvalue weighted by atomic mass is 10.2. The van der Waals surface area contributed by atoms with Crippen LogP contribution in [0.5, 0.6) is 0 Å². The normalized spacial score (nSPS) is 15.1. The van der Waals surface area contributed by atoms with Crippen molar-refractivity contribution in [3.8, 4) is 5.69 Å². The Labute approximate surface area is 144 Å². The average Bonchev–Trinajstić information content (AvgIpc) is 3.29. The van der Waals surface area contributed by atoms with E-state index in [1.54, 1.807) is 16.8 Å². The predicted octanol–water partition coefficient (Wildman–Crippen LogP) is 2.91. The number of carbonyl (C=O) groups is 2. The number of halogens is 1. The SMILES string of the molecule is Cc1cc(C(=O)N(C2CC2)C(C)C(=O)O)nn1-c1ccccc1Cl. The minimum Gasteiger partial charge on any atom is -0.480 e. The number of hydrogen-bond acceptors (Lipinski definition) is 3. The second-order valence-electron chi connectivity index (χ2n) is 5.99. The van der Waals surface area contributed by atoms with Gasteiger partial charge in [0.25, 0.3) is 5.91 Å². The molecule has 2 aromatic rings. The van der Waals surface area contributed by atoms with Crippen LogP contribution in [0.3, 0.4) is 0 Å². The van der Waals surface area contributed by atoms with E-state index in [-0.39, 0.29) is 17.6 Å². The fourth-order valence-corrected chi connectivity index (χ4v) is 2.92. The molecule has 1 N–H and O–H groups in total. The van der Waals surface area contributed by atoms with Gasteiger partial charge < -0.3 is 10.0 Å². The first kappa shape index (κ1) is 16.5. The van der Waals surface area contributed by atoms with Crippen LogP contribution in [0.25, 0.3) is 5.69 Å². The summed E-state index contributed by atoms with van der Waals surface area (Å²) in [5, 5.41) is 14.2. The topological polar surface area (TPSA) is 75.4 Å². The van der Waals surface area contributed by atoms with Crippen LogP contribution in [-0.4, -0.2) is 43.7 Å². The van der Waals surface area contributed by atoms with E-state index in [0.717, 1.165) is 18.5 Å². The van der Waals surface area contributed by atoms with E-state index in [1.807, 2.05) is 25.1 Å². The van der Waals surface area contributed by atoms with Crippen LogP contribution in [0, 0.1) is 6.92 Å². The molecule has 1 saturated carbocycles. The van der Waals surface area contributed by atoms with Crippen molar-refractivity contribution in [2.75, 3.05) is 0 Å². The Bertz CT molecular complexity index is 798. The first-order chi connectivity index (χ1) is 11.4. The van der Waals surface area contributed by atoms with Crippen molar-refractivity contribution in [3.63, 3.8) is 0 Å². The van der Waals surface area contributed by atoms with E-state index in [4.69, 9.17) is 11.6 Å². The third-order valence-electron chi connectivity index (χ3n) is 4.14. The molecule has 0 spiro atoms. The minimum atomic E-state index is -1.02. The van der Waals surface area contributed by atoms with E-state index in [1.165, 1.54) is 11.8 Å². The van der Waals surface area contributed by atoms with Crippen LogP contribution in [0.4, 0.5) is 0 Å². The molecule has 7 heteroatoms. The molecule has 3 rings (SSSR count). The summed E-state index contributed by atoms with van der Waals surface area (Å²) in [6, 6.07) is 7.99. The highest BCUT2D eigenvalue weighted by Crippen LogP contribution is 2.30. The number of benzene rings is 1. The third-order valence-corrected chi connectivity index (χ3v) is 4.46. The molecule has 0 radical (unpaired) electrons. The van der Waals surface area contributed by atoms with Crippen molar-refractivity contribution in [2.45, 2.75) is 38.8 Å². The van der Waals surface area contributed by atoms with Gasteiger partial charge in [-0.25, -0.2) is 9.48 Å². The highest BCUT2D eigenvalue weighted by atomic mass is 35.5. The zero-order chi connectivity index (χ0) is 17.4. The van der Waals surface area contributed by atoms with Crippen molar-refractivity contribution in [1.29, 1.82) is 0 Å². The molecule has 1 aliphatic carbocycles. The van der Waals surface area contributed by atoms with Crippen LogP contribution < -0.4 is 0 Å². The van der Waals surface area contributed by atoms with Crippen molar-refractivity contribution in [3.05, 3.63) is 46.7 Å². The summed E-state index contributed by atoms with van der Waals surface area (Å²) in [6.07, 6.45) is 1.65. The van der Waals surface area contributed by atoms with E-state index in [0.29, 0.717) is 10.7 Å². The lowest BCUT2D eigenvalue weighted by molar-refractivity contribution is -0.141. The summed E-state index contributed by atoms with van der Waals surface area (Å²) >= 11 is 6.20. The fraction of sp³-hybridized carbons (Fsp3) is 0.353. The summed E-state index contributed by atoms with van der Waals surface area (Å²) in [4.78, 5) is 25.5. The van der Waals surface area contributed by atoms with Gasteiger partial charge in [-0.2, -0.15) is 5.10 Å². The summed E-state index contributed by atoms with van der Waals surface area (Å²) in [5.41, 5.74) is 1.66. The van der Waals surface area contributed by atoms with E-state index in [2.05, 4.69) is 5.10 Å². The second kappa shape index (κ2) is 6.28.